The lowest BCUT2D eigenvalue weighted by molar-refractivity contribution is -0.561. The molecule has 2 heterocycles. The molecular formula is C29H47Cl4N4O6S2+. The summed E-state index contributed by atoms with van der Waals surface area (Å²) in [6.45, 7) is 6.71. The molecule has 1 saturated heterocycles. The number of fused-ring (bicyclic) bond motifs is 2. The Morgan fingerprint density at radius 3 is 1.73 bits per heavy atom. The van der Waals surface area contributed by atoms with Gasteiger partial charge in [0.2, 0.25) is 0 Å². The summed E-state index contributed by atoms with van der Waals surface area (Å²) < 4.78 is 67.2. The fourth-order valence-electron chi connectivity index (χ4n) is 7.53. The van der Waals surface area contributed by atoms with E-state index in [4.69, 9.17) is 46.4 Å². The molecule has 8 atom stereocenters. The van der Waals surface area contributed by atoms with Crippen molar-refractivity contribution in [1.29, 1.82) is 0 Å². The molecular weight excluding hydrogens is 706 g/mol. The monoisotopic (exact) mass is 751 g/mol. The SMILES string of the molecule is CCCN1C(=CC=CC2=[N+](CCC)C3CC(Cl)C(Cl)CC3N2CCCS(=O)(=O)O)N(CCCS(=O)(=O)O)C2CC(Cl)C(Cl)CC21. The standard InChI is InChI=1S/C29H46Cl4N4O6S2/c1-3-10-34-24-16-20(30)22(32)18-26(24)36(12-6-14-44(38,39)40)28(34)8-5-9-29-35(11-4-2)25-17-21(31)23(33)19-27(25)37(29)13-7-15-45(41,42)43/h5,8-9,20-27H,3-4,6-7,10-19H2,1-2H3,(H-,38,39,40,41,42,43)/p+1. The van der Waals surface area contributed by atoms with E-state index < -0.39 is 20.2 Å². The normalized spacial score (nSPS) is 33.5. The van der Waals surface area contributed by atoms with E-state index in [1.807, 2.05) is 6.08 Å². The molecule has 0 amide bonds. The van der Waals surface area contributed by atoms with E-state index in [9.17, 15) is 25.9 Å². The molecule has 4 rings (SSSR count). The minimum Gasteiger partial charge on any atom is -0.353 e. The largest absolute Gasteiger partial charge is 0.353 e. The van der Waals surface area contributed by atoms with E-state index in [-0.39, 0.29) is 70.0 Å². The van der Waals surface area contributed by atoms with Crippen LogP contribution in [0.5, 0.6) is 0 Å². The molecule has 0 spiro atoms. The Hall–Kier alpha value is -0.470. The molecule has 2 N–H and O–H groups in total. The molecule has 258 valence electrons. The molecule has 0 bridgehead atoms. The van der Waals surface area contributed by atoms with E-state index in [1.54, 1.807) is 0 Å². The Balaban J connectivity index is 1.70. The van der Waals surface area contributed by atoms with Gasteiger partial charge in [-0.3, -0.25) is 18.6 Å². The second kappa shape index (κ2) is 15.8. The third-order valence-electron chi connectivity index (χ3n) is 9.34. The molecule has 3 fully saturated rings. The first-order chi connectivity index (χ1) is 21.1. The Labute approximate surface area is 288 Å². The summed E-state index contributed by atoms with van der Waals surface area (Å²) in [6.07, 6.45) is 11.2. The Kier molecular flexibility index (Phi) is 13.1. The van der Waals surface area contributed by atoms with Gasteiger partial charge in [0.05, 0.1) is 58.2 Å². The van der Waals surface area contributed by atoms with Gasteiger partial charge in [-0.25, -0.2) is 0 Å². The Bertz CT molecular complexity index is 1350. The van der Waals surface area contributed by atoms with Gasteiger partial charge in [0, 0.05) is 38.4 Å². The van der Waals surface area contributed by atoms with Crippen molar-refractivity contribution < 1.29 is 30.5 Å². The molecule has 2 saturated carbocycles. The molecule has 0 aromatic carbocycles. The van der Waals surface area contributed by atoms with Gasteiger partial charge in [-0.1, -0.05) is 19.9 Å². The van der Waals surface area contributed by atoms with Crippen molar-refractivity contribution in [2.75, 3.05) is 37.7 Å². The molecule has 10 nitrogen and oxygen atoms in total. The van der Waals surface area contributed by atoms with E-state index in [1.165, 1.54) is 0 Å². The lowest BCUT2D eigenvalue weighted by Crippen LogP contribution is -2.48. The zero-order chi connectivity index (χ0) is 33.1. The molecule has 2 aliphatic carbocycles. The van der Waals surface area contributed by atoms with Gasteiger partial charge in [0.15, 0.2) is 0 Å². The van der Waals surface area contributed by atoms with Crippen LogP contribution in [0.1, 0.15) is 65.2 Å². The first-order valence-electron chi connectivity index (χ1n) is 15.9. The van der Waals surface area contributed by atoms with Crippen LogP contribution in [0.25, 0.3) is 0 Å². The Morgan fingerprint density at radius 2 is 1.22 bits per heavy atom. The van der Waals surface area contributed by atoms with Crippen LogP contribution in [0.2, 0.25) is 0 Å². The lowest BCUT2D eigenvalue weighted by atomic mass is 9.89. The lowest BCUT2D eigenvalue weighted by Gasteiger charge is -2.37. The first-order valence-corrected chi connectivity index (χ1v) is 20.9. The van der Waals surface area contributed by atoms with E-state index in [0.29, 0.717) is 38.8 Å². The van der Waals surface area contributed by atoms with Crippen molar-refractivity contribution in [2.24, 2.45) is 0 Å². The Morgan fingerprint density at radius 1 is 0.733 bits per heavy atom. The molecule has 16 heteroatoms. The summed E-state index contributed by atoms with van der Waals surface area (Å²) >= 11 is 26.6. The van der Waals surface area contributed by atoms with Crippen LogP contribution >= 0.6 is 46.4 Å². The van der Waals surface area contributed by atoms with Gasteiger partial charge < -0.3 is 9.80 Å². The van der Waals surface area contributed by atoms with Gasteiger partial charge in [-0.2, -0.15) is 16.8 Å². The summed E-state index contributed by atoms with van der Waals surface area (Å²) in [4.78, 5) is 6.79. The maximum atomic E-state index is 11.5. The topological polar surface area (TPSA) is 121 Å². The molecule has 4 aliphatic rings. The smallest absolute Gasteiger partial charge is 0.272 e. The average molecular weight is 754 g/mol. The fourth-order valence-corrected chi connectivity index (χ4v) is 9.66. The van der Waals surface area contributed by atoms with Crippen LogP contribution < -0.4 is 0 Å². The minimum atomic E-state index is -4.09. The summed E-state index contributed by atoms with van der Waals surface area (Å²) in [7, 11) is -8.19. The predicted molar refractivity (Wildman–Crippen MR) is 182 cm³/mol. The van der Waals surface area contributed by atoms with E-state index in [2.05, 4.69) is 45.3 Å². The van der Waals surface area contributed by atoms with Gasteiger partial charge in [0.1, 0.15) is 17.9 Å². The summed E-state index contributed by atoms with van der Waals surface area (Å²) in [6, 6.07) is 0.383. The van der Waals surface area contributed by atoms with Gasteiger partial charge >= 0.3 is 0 Å². The summed E-state index contributed by atoms with van der Waals surface area (Å²) in [5.74, 6) is 1.28. The van der Waals surface area contributed by atoms with Gasteiger partial charge in [-0.15, -0.1) is 46.4 Å². The van der Waals surface area contributed by atoms with Crippen molar-refractivity contribution in [3.63, 3.8) is 0 Å². The van der Waals surface area contributed by atoms with Crippen LogP contribution in [0, 0.1) is 0 Å². The number of halogens is 4. The van der Waals surface area contributed by atoms with Crippen molar-refractivity contribution in [3.8, 4) is 0 Å². The highest BCUT2D eigenvalue weighted by Crippen LogP contribution is 2.42. The number of nitrogens with zero attached hydrogens (tertiary/aromatic N) is 4. The third-order valence-corrected chi connectivity index (χ3v) is 13.1. The van der Waals surface area contributed by atoms with Crippen LogP contribution in [0.4, 0.5) is 0 Å². The maximum absolute atomic E-state index is 11.5. The predicted octanol–water partition coefficient (Wildman–Crippen LogP) is 4.60. The van der Waals surface area contributed by atoms with Gasteiger partial charge in [0.25, 0.3) is 26.1 Å². The van der Waals surface area contributed by atoms with E-state index >= 15 is 0 Å². The minimum absolute atomic E-state index is 0.0620. The van der Waals surface area contributed by atoms with Crippen molar-refractivity contribution >= 4 is 72.5 Å². The highest BCUT2D eigenvalue weighted by atomic mass is 35.5. The number of hydrogen-bond donors (Lipinski definition) is 2. The molecule has 0 aromatic heterocycles. The quantitative estimate of drug-likeness (QED) is 0.149. The first kappa shape index (κ1) is 37.4. The second-order valence-corrected chi connectivity index (χ2v) is 18.0. The fraction of sp³-hybridized carbons (Fsp3) is 0.828. The van der Waals surface area contributed by atoms with Gasteiger partial charge in [-0.05, 0) is 38.2 Å². The molecule has 8 unspecified atom stereocenters. The number of hydrogen-bond acceptors (Lipinski definition) is 7. The number of rotatable bonds is 14. The number of allylic oxidation sites excluding steroid dienone is 2. The zero-order valence-electron chi connectivity index (χ0n) is 25.9. The highest BCUT2D eigenvalue weighted by Gasteiger charge is 2.52. The van der Waals surface area contributed by atoms with Crippen LogP contribution in [0.15, 0.2) is 24.0 Å². The molecule has 0 aromatic rings. The summed E-state index contributed by atoms with van der Waals surface area (Å²) in [5, 5.41) is -0.754. The molecule has 45 heavy (non-hydrogen) atoms. The summed E-state index contributed by atoms with van der Waals surface area (Å²) in [5.41, 5.74) is 0. The maximum Gasteiger partial charge on any atom is 0.272 e. The highest BCUT2D eigenvalue weighted by molar-refractivity contribution is 7.86. The van der Waals surface area contributed by atoms with Crippen molar-refractivity contribution in [1.82, 2.24) is 14.7 Å². The van der Waals surface area contributed by atoms with Crippen LogP contribution in [0.3, 0.4) is 0 Å². The number of alkyl halides is 4. The number of amidine groups is 1. The molecule has 2 aliphatic heterocycles. The van der Waals surface area contributed by atoms with Crippen LogP contribution in [-0.4, -0.2) is 134 Å². The van der Waals surface area contributed by atoms with Crippen LogP contribution in [-0.2, 0) is 20.2 Å². The van der Waals surface area contributed by atoms with Crippen molar-refractivity contribution in [3.05, 3.63) is 24.0 Å². The van der Waals surface area contributed by atoms with Crippen molar-refractivity contribution in [2.45, 2.75) is 111 Å². The third kappa shape index (κ3) is 9.37. The second-order valence-electron chi connectivity index (χ2n) is 12.6. The van der Waals surface area contributed by atoms with E-state index in [0.717, 1.165) is 37.6 Å². The average Bonchev–Trinajstić information content (AvgIpc) is 3.35. The molecule has 0 radical (unpaired) electrons. The zero-order valence-corrected chi connectivity index (χ0v) is 30.6.